The molecule has 3 unspecified atom stereocenters. The highest BCUT2D eigenvalue weighted by molar-refractivity contribution is 5.51. The number of rotatable bonds is 2. The van der Waals surface area contributed by atoms with E-state index in [0.29, 0.717) is 5.41 Å². The van der Waals surface area contributed by atoms with Crippen molar-refractivity contribution >= 4 is 6.29 Å². The first kappa shape index (κ1) is 9.23. The van der Waals surface area contributed by atoms with Crippen LogP contribution in [0.2, 0.25) is 0 Å². The SMILES string of the molecule is CC1CC2CCCC(CC=O)(C1)C2. The molecule has 1 nitrogen and oxygen atoms in total. The molecule has 2 saturated carbocycles. The average molecular weight is 180 g/mol. The van der Waals surface area contributed by atoms with E-state index in [1.54, 1.807) is 0 Å². The van der Waals surface area contributed by atoms with E-state index >= 15 is 0 Å². The van der Waals surface area contributed by atoms with Crippen LogP contribution in [0.4, 0.5) is 0 Å². The first-order valence-corrected chi connectivity index (χ1v) is 5.68. The molecular weight excluding hydrogens is 160 g/mol. The number of aldehydes is 1. The van der Waals surface area contributed by atoms with Gasteiger partial charge in [0.25, 0.3) is 0 Å². The third kappa shape index (κ3) is 1.79. The minimum absolute atomic E-state index is 0.433. The molecule has 74 valence electrons. The van der Waals surface area contributed by atoms with Crippen LogP contribution < -0.4 is 0 Å². The van der Waals surface area contributed by atoms with Crippen LogP contribution in [0, 0.1) is 17.3 Å². The minimum atomic E-state index is 0.433. The van der Waals surface area contributed by atoms with Gasteiger partial charge in [-0.05, 0) is 42.9 Å². The summed E-state index contributed by atoms with van der Waals surface area (Å²) in [6.45, 7) is 2.36. The maximum Gasteiger partial charge on any atom is 0.120 e. The second kappa shape index (κ2) is 3.43. The second-order valence-corrected chi connectivity index (χ2v) is 5.38. The Morgan fingerprint density at radius 1 is 1.46 bits per heavy atom. The summed E-state index contributed by atoms with van der Waals surface area (Å²) in [5.74, 6) is 1.80. The molecule has 0 heterocycles. The highest BCUT2D eigenvalue weighted by atomic mass is 16.1. The molecule has 2 aliphatic carbocycles. The fourth-order valence-corrected chi connectivity index (χ4v) is 3.81. The number of hydrogen-bond acceptors (Lipinski definition) is 1. The topological polar surface area (TPSA) is 17.1 Å². The smallest absolute Gasteiger partial charge is 0.120 e. The quantitative estimate of drug-likeness (QED) is 0.596. The van der Waals surface area contributed by atoms with E-state index in [2.05, 4.69) is 6.92 Å². The summed E-state index contributed by atoms with van der Waals surface area (Å²) in [7, 11) is 0. The number of hydrogen-bond donors (Lipinski definition) is 0. The molecule has 2 bridgehead atoms. The van der Waals surface area contributed by atoms with Crippen LogP contribution in [0.25, 0.3) is 0 Å². The van der Waals surface area contributed by atoms with E-state index in [9.17, 15) is 4.79 Å². The molecular formula is C12H20O. The number of carbonyl (C=O) groups is 1. The van der Waals surface area contributed by atoms with Gasteiger partial charge in [0, 0.05) is 6.42 Å². The standard InChI is InChI=1S/C12H20O/c1-10-7-11-3-2-4-12(8-10,9-11)5-6-13/h6,10-11H,2-5,7-9H2,1H3. The number of carbonyl (C=O) groups excluding carboxylic acids is 1. The largest absolute Gasteiger partial charge is 0.303 e. The van der Waals surface area contributed by atoms with Crippen molar-refractivity contribution in [1.82, 2.24) is 0 Å². The van der Waals surface area contributed by atoms with Crippen molar-refractivity contribution in [3.8, 4) is 0 Å². The van der Waals surface area contributed by atoms with E-state index in [1.807, 2.05) is 0 Å². The molecule has 0 aromatic heterocycles. The van der Waals surface area contributed by atoms with Crippen LogP contribution in [0.1, 0.15) is 51.9 Å². The maximum absolute atomic E-state index is 10.7. The van der Waals surface area contributed by atoms with Crippen LogP contribution in [-0.4, -0.2) is 6.29 Å². The van der Waals surface area contributed by atoms with Gasteiger partial charge in [-0.1, -0.05) is 19.8 Å². The van der Waals surface area contributed by atoms with Gasteiger partial charge >= 0.3 is 0 Å². The molecule has 2 rings (SSSR count). The van der Waals surface area contributed by atoms with Gasteiger partial charge in [-0.15, -0.1) is 0 Å². The van der Waals surface area contributed by atoms with Gasteiger partial charge in [-0.2, -0.15) is 0 Å². The van der Waals surface area contributed by atoms with Crippen molar-refractivity contribution in [1.29, 1.82) is 0 Å². The molecule has 0 spiro atoms. The van der Waals surface area contributed by atoms with E-state index in [-0.39, 0.29) is 0 Å². The predicted octanol–water partition coefficient (Wildman–Crippen LogP) is 3.18. The van der Waals surface area contributed by atoms with Crippen LogP contribution in [-0.2, 0) is 4.79 Å². The Morgan fingerprint density at radius 2 is 2.31 bits per heavy atom. The summed E-state index contributed by atoms with van der Waals surface area (Å²) in [6.07, 6.45) is 10.1. The van der Waals surface area contributed by atoms with E-state index in [0.717, 1.165) is 24.5 Å². The van der Waals surface area contributed by atoms with Crippen molar-refractivity contribution in [2.24, 2.45) is 17.3 Å². The van der Waals surface area contributed by atoms with Crippen LogP contribution in [0.3, 0.4) is 0 Å². The van der Waals surface area contributed by atoms with Crippen molar-refractivity contribution in [2.45, 2.75) is 51.9 Å². The Hall–Kier alpha value is -0.330. The lowest BCUT2D eigenvalue weighted by atomic mass is 9.58. The van der Waals surface area contributed by atoms with Crippen molar-refractivity contribution in [2.75, 3.05) is 0 Å². The van der Waals surface area contributed by atoms with E-state index in [1.165, 1.54) is 38.5 Å². The molecule has 0 aromatic rings. The molecule has 0 amide bonds. The summed E-state index contributed by atoms with van der Waals surface area (Å²) >= 11 is 0. The third-order valence-corrected chi connectivity index (χ3v) is 4.07. The first-order chi connectivity index (χ1) is 6.24. The Morgan fingerprint density at radius 3 is 3.08 bits per heavy atom. The lowest BCUT2D eigenvalue weighted by Gasteiger charge is -2.47. The van der Waals surface area contributed by atoms with Gasteiger partial charge in [0.15, 0.2) is 0 Å². The molecule has 13 heavy (non-hydrogen) atoms. The summed E-state index contributed by atoms with van der Waals surface area (Å²) in [4.78, 5) is 10.7. The molecule has 3 atom stereocenters. The summed E-state index contributed by atoms with van der Waals surface area (Å²) in [5, 5.41) is 0. The zero-order valence-electron chi connectivity index (χ0n) is 8.59. The summed E-state index contributed by atoms with van der Waals surface area (Å²) in [5.41, 5.74) is 0.433. The lowest BCUT2D eigenvalue weighted by Crippen LogP contribution is -2.36. The third-order valence-electron chi connectivity index (χ3n) is 4.07. The lowest BCUT2D eigenvalue weighted by molar-refractivity contribution is -0.111. The van der Waals surface area contributed by atoms with Gasteiger partial charge in [-0.3, -0.25) is 0 Å². The number of fused-ring (bicyclic) bond motifs is 2. The Kier molecular flexibility index (Phi) is 2.44. The molecule has 2 aliphatic rings. The second-order valence-electron chi connectivity index (χ2n) is 5.38. The molecule has 0 aromatic carbocycles. The first-order valence-electron chi connectivity index (χ1n) is 5.68. The van der Waals surface area contributed by atoms with E-state index < -0.39 is 0 Å². The Balaban J connectivity index is 2.10. The Bertz CT molecular complexity index is 195. The normalized spacial score (nSPS) is 44.4. The van der Waals surface area contributed by atoms with Crippen molar-refractivity contribution < 1.29 is 4.79 Å². The van der Waals surface area contributed by atoms with E-state index in [4.69, 9.17) is 0 Å². The van der Waals surface area contributed by atoms with Crippen LogP contribution >= 0.6 is 0 Å². The van der Waals surface area contributed by atoms with Crippen LogP contribution in [0.15, 0.2) is 0 Å². The van der Waals surface area contributed by atoms with Gasteiger partial charge in [-0.25, -0.2) is 0 Å². The average Bonchev–Trinajstić information content (AvgIpc) is 2.02. The van der Waals surface area contributed by atoms with Gasteiger partial charge < -0.3 is 4.79 Å². The Labute approximate surface area is 80.9 Å². The highest BCUT2D eigenvalue weighted by Gasteiger charge is 2.41. The van der Waals surface area contributed by atoms with Gasteiger partial charge in [0.2, 0.25) is 0 Å². The minimum Gasteiger partial charge on any atom is -0.303 e. The van der Waals surface area contributed by atoms with Crippen LogP contribution in [0.5, 0.6) is 0 Å². The molecule has 2 fully saturated rings. The van der Waals surface area contributed by atoms with Gasteiger partial charge in [0.05, 0.1) is 0 Å². The zero-order valence-corrected chi connectivity index (χ0v) is 8.59. The zero-order chi connectivity index (χ0) is 9.31. The molecule has 0 saturated heterocycles. The van der Waals surface area contributed by atoms with Gasteiger partial charge in [0.1, 0.15) is 6.29 Å². The van der Waals surface area contributed by atoms with Crippen molar-refractivity contribution in [3.63, 3.8) is 0 Å². The fraction of sp³-hybridized carbons (Fsp3) is 0.917. The fourth-order valence-electron chi connectivity index (χ4n) is 3.81. The summed E-state index contributed by atoms with van der Waals surface area (Å²) < 4.78 is 0. The molecule has 0 radical (unpaired) electrons. The molecule has 0 aliphatic heterocycles. The van der Waals surface area contributed by atoms with Crippen molar-refractivity contribution in [3.05, 3.63) is 0 Å². The molecule has 1 heteroatoms. The monoisotopic (exact) mass is 180 g/mol. The highest BCUT2D eigenvalue weighted by Crippen LogP contribution is 2.52. The molecule has 0 N–H and O–H groups in total. The maximum atomic E-state index is 10.7. The predicted molar refractivity (Wildman–Crippen MR) is 53.5 cm³/mol. The summed E-state index contributed by atoms with van der Waals surface area (Å²) in [6, 6.07) is 0.